The summed E-state index contributed by atoms with van der Waals surface area (Å²) in [6.45, 7) is 3.64. The average Bonchev–Trinajstić information content (AvgIpc) is 2.66. The first kappa shape index (κ1) is 20.3. The fraction of sp³-hybridized carbons (Fsp3) is 0.350. The topological polar surface area (TPSA) is 44.4 Å². The molecule has 0 aromatic heterocycles. The Balaban J connectivity index is 1.39. The molecule has 0 radical (unpaired) electrons. The van der Waals surface area contributed by atoms with E-state index < -0.39 is 0 Å². The van der Waals surface area contributed by atoms with Crippen molar-refractivity contribution in [2.24, 2.45) is 5.92 Å². The lowest BCUT2D eigenvalue weighted by molar-refractivity contribution is 0.176. The normalized spacial score (nSPS) is 15.5. The number of piperidine rings is 1. The lowest BCUT2D eigenvalue weighted by Crippen LogP contribution is -2.39. The fourth-order valence-electron chi connectivity index (χ4n) is 3.19. The fourth-order valence-corrected chi connectivity index (χ4v) is 3.66. The quantitative estimate of drug-likeness (QED) is 0.646. The van der Waals surface area contributed by atoms with Gasteiger partial charge in [-0.25, -0.2) is 4.79 Å². The van der Waals surface area contributed by atoms with Crippen LogP contribution in [0.3, 0.4) is 0 Å². The van der Waals surface area contributed by atoms with Crippen molar-refractivity contribution in [1.82, 2.24) is 10.2 Å². The van der Waals surface area contributed by atoms with Crippen molar-refractivity contribution in [3.8, 4) is 0 Å². The summed E-state index contributed by atoms with van der Waals surface area (Å²) in [7, 11) is 0. The van der Waals surface area contributed by atoms with Gasteiger partial charge in [0.25, 0.3) is 0 Å². The number of benzene rings is 2. The Labute approximate surface area is 174 Å². The van der Waals surface area contributed by atoms with E-state index in [0.29, 0.717) is 28.2 Å². The first-order valence-corrected chi connectivity index (χ1v) is 10.1. The van der Waals surface area contributed by atoms with Gasteiger partial charge in [0.15, 0.2) is 0 Å². The molecule has 0 aliphatic carbocycles. The summed E-state index contributed by atoms with van der Waals surface area (Å²) in [5.41, 5.74) is 1.79. The number of amides is 2. The van der Waals surface area contributed by atoms with Gasteiger partial charge in [0.05, 0.1) is 10.7 Å². The predicted octanol–water partition coefficient (Wildman–Crippen LogP) is 5.68. The van der Waals surface area contributed by atoms with E-state index in [0.717, 1.165) is 37.5 Å². The van der Waals surface area contributed by atoms with Gasteiger partial charge >= 0.3 is 6.03 Å². The number of rotatable bonds is 5. The second-order valence-electron chi connectivity index (χ2n) is 6.81. The molecular formula is C20H22Cl3N3O. The Hall–Kier alpha value is -1.46. The zero-order chi connectivity index (χ0) is 19.2. The van der Waals surface area contributed by atoms with E-state index in [1.54, 1.807) is 18.2 Å². The minimum atomic E-state index is -0.261. The molecule has 2 amide bonds. The first-order chi connectivity index (χ1) is 13.0. The van der Waals surface area contributed by atoms with Crippen LogP contribution in [0.4, 0.5) is 10.5 Å². The number of nitrogens with zero attached hydrogens (tertiary/aromatic N) is 1. The molecule has 0 bridgehead atoms. The Kier molecular flexibility index (Phi) is 7.25. The molecular weight excluding hydrogens is 405 g/mol. The molecule has 1 fully saturated rings. The van der Waals surface area contributed by atoms with Crippen LogP contribution in [-0.2, 0) is 6.54 Å². The molecule has 2 aromatic rings. The molecule has 2 aromatic carbocycles. The molecule has 0 spiro atoms. The first-order valence-electron chi connectivity index (χ1n) is 8.96. The van der Waals surface area contributed by atoms with E-state index in [1.165, 1.54) is 5.56 Å². The zero-order valence-corrected chi connectivity index (χ0v) is 17.1. The number of urea groups is 1. The van der Waals surface area contributed by atoms with Crippen molar-refractivity contribution in [2.45, 2.75) is 19.4 Å². The van der Waals surface area contributed by atoms with Gasteiger partial charge in [0, 0.05) is 23.1 Å². The second kappa shape index (κ2) is 9.65. The molecule has 3 rings (SSSR count). The van der Waals surface area contributed by atoms with Gasteiger partial charge in [0.1, 0.15) is 0 Å². The monoisotopic (exact) mass is 425 g/mol. The number of hydrogen-bond donors (Lipinski definition) is 2. The summed E-state index contributed by atoms with van der Waals surface area (Å²) in [4.78, 5) is 14.5. The highest BCUT2D eigenvalue weighted by Crippen LogP contribution is 2.25. The van der Waals surface area contributed by atoms with E-state index in [4.69, 9.17) is 34.8 Å². The molecule has 2 N–H and O–H groups in total. The summed E-state index contributed by atoms with van der Waals surface area (Å²) in [6.07, 6.45) is 2.12. The minimum absolute atomic E-state index is 0.261. The van der Waals surface area contributed by atoms with Crippen LogP contribution < -0.4 is 10.6 Å². The average molecular weight is 427 g/mol. The maximum Gasteiger partial charge on any atom is 0.319 e. The van der Waals surface area contributed by atoms with Gasteiger partial charge < -0.3 is 10.6 Å². The lowest BCUT2D eigenvalue weighted by Gasteiger charge is -2.32. The molecule has 1 heterocycles. The van der Waals surface area contributed by atoms with Gasteiger partial charge in [-0.05, 0) is 67.7 Å². The van der Waals surface area contributed by atoms with Crippen LogP contribution in [0.25, 0.3) is 0 Å². The SMILES string of the molecule is O=C(NCC1CCN(Cc2ccc(Cl)cc2)CC1)Nc1cc(Cl)ccc1Cl. The second-order valence-corrected chi connectivity index (χ2v) is 8.09. The minimum Gasteiger partial charge on any atom is -0.338 e. The van der Waals surface area contributed by atoms with Crippen molar-refractivity contribution in [2.75, 3.05) is 25.0 Å². The molecule has 4 nitrogen and oxygen atoms in total. The van der Waals surface area contributed by atoms with E-state index in [-0.39, 0.29) is 6.03 Å². The summed E-state index contributed by atoms with van der Waals surface area (Å²) >= 11 is 17.9. The molecule has 0 saturated carbocycles. The summed E-state index contributed by atoms with van der Waals surface area (Å²) in [5, 5.41) is 7.44. The van der Waals surface area contributed by atoms with Gasteiger partial charge in [-0.3, -0.25) is 4.90 Å². The molecule has 7 heteroatoms. The molecule has 144 valence electrons. The Morgan fingerprint density at radius 2 is 1.67 bits per heavy atom. The number of halogens is 3. The van der Waals surface area contributed by atoms with E-state index in [1.807, 2.05) is 12.1 Å². The Morgan fingerprint density at radius 3 is 2.37 bits per heavy atom. The van der Waals surface area contributed by atoms with Gasteiger partial charge in [-0.1, -0.05) is 46.9 Å². The van der Waals surface area contributed by atoms with Crippen LogP contribution in [0.15, 0.2) is 42.5 Å². The lowest BCUT2D eigenvalue weighted by atomic mass is 9.96. The molecule has 27 heavy (non-hydrogen) atoms. The summed E-state index contributed by atoms with van der Waals surface area (Å²) < 4.78 is 0. The number of nitrogens with one attached hydrogen (secondary N) is 2. The number of carbonyl (C=O) groups is 1. The third-order valence-electron chi connectivity index (χ3n) is 4.75. The van der Waals surface area contributed by atoms with Crippen LogP contribution in [0.5, 0.6) is 0 Å². The largest absolute Gasteiger partial charge is 0.338 e. The van der Waals surface area contributed by atoms with Crippen LogP contribution in [-0.4, -0.2) is 30.6 Å². The molecule has 1 saturated heterocycles. The van der Waals surface area contributed by atoms with Crippen molar-refractivity contribution < 1.29 is 4.79 Å². The highest BCUT2D eigenvalue weighted by Gasteiger charge is 2.20. The van der Waals surface area contributed by atoms with Crippen molar-refractivity contribution in [1.29, 1.82) is 0 Å². The summed E-state index contributed by atoms with van der Waals surface area (Å²) in [5.74, 6) is 0.479. The van der Waals surface area contributed by atoms with E-state index >= 15 is 0 Å². The van der Waals surface area contributed by atoms with Crippen molar-refractivity contribution in [3.05, 3.63) is 63.1 Å². The third-order valence-corrected chi connectivity index (χ3v) is 5.57. The third kappa shape index (κ3) is 6.28. The Morgan fingerprint density at radius 1 is 1.00 bits per heavy atom. The number of hydrogen-bond acceptors (Lipinski definition) is 2. The molecule has 1 aliphatic heterocycles. The van der Waals surface area contributed by atoms with Crippen LogP contribution in [0, 0.1) is 5.92 Å². The van der Waals surface area contributed by atoms with E-state index in [2.05, 4.69) is 27.7 Å². The molecule has 0 atom stereocenters. The van der Waals surface area contributed by atoms with Gasteiger partial charge in [-0.15, -0.1) is 0 Å². The highest BCUT2D eigenvalue weighted by molar-refractivity contribution is 6.35. The van der Waals surface area contributed by atoms with E-state index in [9.17, 15) is 4.79 Å². The summed E-state index contributed by atoms with van der Waals surface area (Å²) in [6, 6.07) is 12.7. The number of carbonyl (C=O) groups excluding carboxylic acids is 1. The van der Waals surface area contributed by atoms with Crippen LogP contribution in [0.1, 0.15) is 18.4 Å². The van der Waals surface area contributed by atoms with Crippen molar-refractivity contribution in [3.63, 3.8) is 0 Å². The molecule has 0 unspecified atom stereocenters. The maximum absolute atomic E-state index is 12.1. The zero-order valence-electron chi connectivity index (χ0n) is 14.9. The van der Waals surface area contributed by atoms with Gasteiger partial charge in [0.2, 0.25) is 0 Å². The smallest absolute Gasteiger partial charge is 0.319 e. The maximum atomic E-state index is 12.1. The molecule has 1 aliphatic rings. The van der Waals surface area contributed by atoms with Crippen LogP contribution in [0.2, 0.25) is 15.1 Å². The predicted molar refractivity (Wildman–Crippen MR) is 113 cm³/mol. The number of anilines is 1. The highest BCUT2D eigenvalue weighted by atomic mass is 35.5. The Bertz CT molecular complexity index is 775. The van der Waals surface area contributed by atoms with Gasteiger partial charge in [-0.2, -0.15) is 0 Å². The standard InChI is InChI=1S/C20H22Cl3N3O/c21-16-3-1-15(2-4-16)13-26-9-7-14(8-10-26)12-24-20(27)25-19-11-17(22)5-6-18(19)23/h1-6,11,14H,7-10,12-13H2,(H2,24,25,27). The van der Waals surface area contributed by atoms with Crippen molar-refractivity contribution >= 4 is 46.5 Å². The number of likely N-dealkylation sites (tertiary alicyclic amines) is 1. The van der Waals surface area contributed by atoms with Crippen LogP contribution >= 0.6 is 34.8 Å².